The number of hydrogen-bond donors (Lipinski definition) is 1. The van der Waals surface area contributed by atoms with Crippen molar-refractivity contribution in [3.05, 3.63) is 29.3 Å². The fraction of sp³-hybridized carbons (Fsp3) is 0.611. The molecule has 2 aliphatic rings. The van der Waals surface area contributed by atoms with Crippen LogP contribution in [0.15, 0.2) is 29.2 Å². The Morgan fingerprint density at radius 3 is 2.27 bits per heavy atom. The second kappa shape index (κ2) is 8.25. The van der Waals surface area contributed by atoms with Gasteiger partial charge in [0.1, 0.15) is 0 Å². The lowest BCUT2D eigenvalue weighted by Gasteiger charge is -2.37. The van der Waals surface area contributed by atoms with Gasteiger partial charge in [-0.25, -0.2) is 8.42 Å². The number of carbonyl (C=O) groups excluding carboxylic acids is 1. The maximum Gasteiger partial charge on any atom is 0.243 e. The van der Waals surface area contributed by atoms with E-state index in [0.717, 1.165) is 12.8 Å². The SMILES string of the molecule is CC(C(=O)NC1CCCC1)N1CCN(S(=O)(=O)c2ccc(Cl)cc2)CC1. The molecule has 1 aliphatic carbocycles. The first-order valence-electron chi connectivity index (χ1n) is 9.18. The molecule has 1 aromatic rings. The van der Waals surface area contributed by atoms with Crippen molar-refractivity contribution in [2.24, 2.45) is 0 Å². The summed E-state index contributed by atoms with van der Waals surface area (Å²) in [5.41, 5.74) is 0. The van der Waals surface area contributed by atoms with Gasteiger partial charge >= 0.3 is 0 Å². The lowest BCUT2D eigenvalue weighted by Crippen LogP contribution is -2.55. The molecule has 1 atom stereocenters. The Kier molecular flexibility index (Phi) is 6.22. The number of carbonyl (C=O) groups is 1. The van der Waals surface area contributed by atoms with Gasteiger partial charge in [-0.3, -0.25) is 9.69 Å². The minimum Gasteiger partial charge on any atom is -0.352 e. The molecule has 0 aromatic heterocycles. The van der Waals surface area contributed by atoms with Crippen molar-refractivity contribution >= 4 is 27.5 Å². The molecule has 0 spiro atoms. The highest BCUT2D eigenvalue weighted by molar-refractivity contribution is 7.89. The fourth-order valence-electron chi connectivity index (χ4n) is 3.64. The molecule has 8 heteroatoms. The molecule has 0 bridgehead atoms. The third-order valence-corrected chi connectivity index (χ3v) is 7.52. The molecule has 3 rings (SSSR count). The number of benzene rings is 1. The van der Waals surface area contributed by atoms with Crippen molar-refractivity contribution in [2.75, 3.05) is 26.2 Å². The van der Waals surface area contributed by atoms with Gasteiger partial charge in [-0.15, -0.1) is 0 Å². The second-order valence-electron chi connectivity index (χ2n) is 7.06. The van der Waals surface area contributed by atoms with Crippen molar-refractivity contribution in [2.45, 2.75) is 49.6 Å². The second-order valence-corrected chi connectivity index (χ2v) is 9.43. The topological polar surface area (TPSA) is 69.7 Å². The van der Waals surface area contributed by atoms with Gasteiger partial charge < -0.3 is 5.32 Å². The number of halogens is 1. The number of sulfonamides is 1. The van der Waals surface area contributed by atoms with Crippen LogP contribution in [0, 0.1) is 0 Å². The van der Waals surface area contributed by atoms with Gasteiger partial charge in [0.2, 0.25) is 15.9 Å². The minimum atomic E-state index is -3.52. The minimum absolute atomic E-state index is 0.0471. The number of amides is 1. The molecule has 1 heterocycles. The third kappa shape index (κ3) is 4.39. The van der Waals surface area contributed by atoms with Gasteiger partial charge in [-0.2, -0.15) is 4.31 Å². The molecular weight excluding hydrogens is 374 g/mol. The van der Waals surface area contributed by atoms with Crippen LogP contribution in [0.5, 0.6) is 0 Å². The zero-order valence-corrected chi connectivity index (χ0v) is 16.6. The van der Waals surface area contributed by atoms with Crippen LogP contribution in [0.1, 0.15) is 32.6 Å². The van der Waals surface area contributed by atoms with Gasteiger partial charge in [0, 0.05) is 37.2 Å². The van der Waals surface area contributed by atoms with E-state index in [4.69, 9.17) is 11.6 Å². The highest BCUT2D eigenvalue weighted by atomic mass is 35.5. The van der Waals surface area contributed by atoms with Gasteiger partial charge in [0.15, 0.2) is 0 Å². The Bertz CT molecular complexity index is 725. The van der Waals surface area contributed by atoms with E-state index < -0.39 is 10.0 Å². The molecule has 26 heavy (non-hydrogen) atoms. The Morgan fingerprint density at radius 1 is 1.12 bits per heavy atom. The maximum absolute atomic E-state index is 12.7. The van der Waals surface area contributed by atoms with Crippen molar-refractivity contribution < 1.29 is 13.2 Å². The van der Waals surface area contributed by atoms with Crippen molar-refractivity contribution in [3.8, 4) is 0 Å². The van der Waals surface area contributed by atoms with Crippen molar-refractivity contribution in [1.82, 2.24) is 14.5 Å². The molecule has 144 valence electrons. The molecule has 1 N–H and O–H groups in total. The van der Waals surface area contributed by atoms with E-state index >= 15 is 0 Å². The first-order valence-corrected chi connectivity index (χ1v) is 11.0. The predicted octanol–water partition coefficient (Wildman–Crippen LogP) is 2.09. The number of nitrogens with zero attached hydrogens (tertiary/aromatic N) is 2. The van der Waals surface area contributed by atoms with Crippen LogP contribution >= 0.6 is 11.6 Å². The summed E-state index contributed by atoms with van der Waals surface area (Å²) < 4.78 is 26.9. The number of piperazine rings is 1. The Balaban J connectivity index is 1.56. The van der Waals surface area contributed by atoms with Crippen LogP contribution in [0.4, 0.5) is 0 Å². The first kappa shape index (κ1) is 19.6. The molecule has 1 saturated carbocycles. The summed E-state index contributed by atoms with van der Waals surface area (Å²) in [7, 11) is -3.52. The van der Waals surface area contributed by atoms with Gasteiger partial charge in [-0.1, -0.05) is 24.4 Å². The summed E-state index contributed by atoms with van der Waals surface area (Å²) in [5, 5.41) is 3.63. The van der Waals surface area contributed by atoms with Crippen LogP contribution in [0.2, 0.25) is 5.02 Å². The van der Waals surface area contributed by atoms with E-state index in [-0.39, 0.29) is 16.8 Å². The fourth-order valence-corrected chi connectivity index (χ4v) is 5.19. The number of rotatable bonds is 5. The van der Waals surface area contributed by atoms with Crippen LogP contribution in [-0.2, 0) is 14.8 Å². The Labute approximate surface area is 160 Å². The summed E-state index contributed by atoms with van der Waals surface area (Å²) in [6, 6.07) is 6.29. The van der Waals surface area contributed by atoms with Gasteiger partial charge in [0.25, 0.3) is 0 Å². The molecule has 2 fully saturated rings. The monoisotopic (exact) mass is 399 g/mol. The van der Waals surface area contributed by atoms with E-state index in [2.05, 4.69) is 10.2 Å². The average molecular weight is 400 g/mol. The molecule has 1 amide bonds. The van der Waals surface area contributed by atoms with Crippen LogP contribution in [0.25, 0.3) is 0 Å². The molecule has 0 radical (unpaired) electrons. The molecular formula is C18H26ClN3O3S. The molecule has 6 nitrogen and oxygen atoms in total. The lowest BCUT2D eigenvalue weighted by atomic mass is 10.2. The normalized spacial score (nSPS) is 21.6. The molecule has 1 aliphatic heterocycles. The van der Waals surface area contributed by atoms with Crippen LogP contribution in [0.3, 0.4) is 0 Å². The van der Waals surface area contributed by atoms with Gasteiger partial charge in [0.05, 0.1) is 10.9 Å². The van der Waals surface area contributed by atoms with Crippen LogP contribution in [-0.4, -0.2) is 61.8 Å². The highest BCUT2D eigenvalue weighted by Crippen LogP contribution is 2.21. The predicted molar refractivity (Wildman–Crippen MR) is 102 cm³/mol. The Morgan fingerprint density at radius 2 is 1.69 bits per heavy atom. The van der Waals surface area contributed by atoms with Crippen molar-refractivity contribution in [3.63, 3.8) is 0 Å². The third-order valence-electron chi connectivity index (χ3n) is 5.35. The van der Waals surface area contributed by atoms with E-state index in [9.17, 15) is 13.2 Å². The zero-order chi connectivity index (χ0) is 18.7. The largest absolute Gasteiger partial charge is 0.352 e. The lowest BCUT2D eigenvalue weighted by molar-refractivity contribution is -0.127. The maximum atomic E-state index is 12.7. The van der Waals surface area contributed by atoms with E-state index in [1.54, 1.807) is 12.1 Å². The molecule has 1 saturated heterocycles. The summed E-state index contributed by atoms with van der Waals surface area (Å²) >= 11 is 5.84. The summed E-state index contributed by atoms with van der Waals surface area (Å²) in [5.74, 6) is 0.0471. The van der Waals surface area contributed by atoms with Crippen molar-refractivity contribution in [1.29, 1.82) is 0 Å². The summed E-state index contributed by atoms with van der Waals surface area (Å²) in [6.07, 6.45) is 4.48. The molecule has 1 aromatic carbocycles. The highest BCUT2D eigenvalue weighted by Gasteiger charge is 2.32. The summed E-state index contributed by atoms with van der Waals surface area (Å²) in [4.78, 5) is 14.7. The van der Waals surface area contributed by atoms with E-state index in [1.807, 2.05) is 6.92 Å². The van der Waals surface area contributed by atoms with E-state index in [0.29, 0.717) is 37.2 Å². The Hall–Kier alpha value is -1.15. The summed E-state index contributed by atoms with van der Waals surface area (Å²) in [6.45, 7) is 3.75. The zero-order valence-electron chi connectivity index (χ0n) is 15.0. The quantitative estimate of drug-likeness (QED) is 0.823. The standard InChI is InChI=1S/C18H26ClN3O3S/c1-14(18(23)20-16-4-2-3-5-16)21-10-12-22(13-11-21)26(24,25)17-8-6-15(19)7-9-17/h6-9,14,16H,2-5,10-13H2,1H3,(H,20,23). The van der Waals surface area contributed by atoms with Crippen LogP contribution < -0.4 is 5.32 Å². The van der Waals surface area contributed by atoms with Gasteiger partial charge in [-0.05, 0) is 44.0 Å². The number of hydrogen-bond acceptors (Lipinski definition) is 4. The average Bonchev–Trinajstić information content (AvgIpc) is 3.14. The smallest absolute Gasteiger partial charge is 0.243 e. The number of nitrogens with one attached hydrogen (secondary N) is 1. The first-order chi connectivity index (χ1) is 12.4. The van der Waals surface area contributed by atoms with E-state index in [1.165, 1.54) is 29.3 Å². The molecule has 1 unspecified atom stereocenters.